The van der Waals surface area contributed by atoms with Gasteiger partial charge >= 0.3 is 0 Å². The van der Waals surface area contributed by atoms with Crippen molar-refractivity contribution in [1.29, 1.82) is 0 Å². The largest absolute Gasteiger partial charge is 0.388 e. The van der Waals surface area contributed by atoms with Crippen molar-refractivity contribution in [2.45, 2.75) is 65.9 Å². The minimum absolute atomic E-state index is 0.441. The van der Waals surface area contributed by atoms with Gasteiger partial charge in [0.2, 0.25) is 0 Å². The van der Waals surface area contributed by atoms with Crippen LogP contribution in [0.15, 0.2) is 4.99 Å². The molecule has 0 radical (unpaired) electrons. The van der Waals surface area contributed by atoms with Crippen molar-refractivity contribution in [3.8, 4) is 0 Å². The van der Waals surface area contributed by atoms with E-state index >= 15 is 0 Å². The third-order valence-electron chi connectivity index (χ3n) is 3.30. The van der Waals surface area contributed by atoms with Crippen molar-refractivity contribution in [3.63, 3.8) is 0 Å². The lowest BCUT2D eigenvalue weighted by molar-refractivity contribution is 0.0306. The molecule has 0 amide bonds. The zero-order chi connectivity index (χ0) is 16.8. The average Bonchev–Trinajstić information content (AvgIpc) is 2.44. The maximum atomic E-state index is 10.6. The highest BCUT2D eigenvalue weighted by molar-refractivity contribution is 5.79. The van der Waals surface area contributed by atoms with Crippen molar-refractivity contribution >= 4 is 5.96 Å². The number of nitrogens with one attached hydrogen (secondary N) is 2. The molecule has 0 fully saturated rings. The lowest BCUT2D eigenvalue weighted by Gasteiger charge is -2.26. The zero-order valence-corrected chi connectivity index (χ0v) is 15.2. The van der Waals surface area contributed by atoms with Gasteiger partial charge in [-0.25, -0.2) is 0 Å². The first-order valence-electron chi connectivity index (χ1n) is 8.79. The average molecular weight is 316 g/mol. The second-order valence-electron chi connectivity index (χ2n) is 6.32. The zero-order valence-electron chi connectivity index (χ0n) is 15.2. The van der Waals surface area contributed by atoms with Gasteiger partial charge in [0.1, 0.15) is 0 Å². The Morgan fingerprint density at radius 2 is 1.77 bits per heavy atom. The highest BCUT2D eigenvalue weighted by Gasteiger charge is 2.24. The van der Waals surface area contributed by atoms with Crippen molar-refractivity contribution in [2.75, 3.05) is 32.8 Å². The summed E-state index contributed by atoms with van der Waals surface area (Å²) in [7, 11) is 0. The summed E-state index contributed by atoms with van der Waals surface area (Å²) >= 11 is 0. The molecule has 0 aliphatic heterocycles. The van der Waals surface area contributed by atoms with Crippen molar-refractivity contribution in [3.05, 3.63) is 0 Å². The Morgan fingerprint density at radius 3 is 2.27 bits per heavy atom. The second-order valence-corrected chi connectivity index (χ2v) is 6.32. The van der Waals surface area contributed by atoms with Gasteiger partial charge in [0.05, 0.1) is 18.8 Å². The number of hydrogen-bond acceptors (Lipinski definition) is 3. The fourth-order valence-corrected chi connectivity index (χ4v) is 2.34. The van der Waals surface area contributed by atoms with Crippen LogP contribution in [0.2, 0.25) is 0 Å². The summed E-state index contributed by atoms with van der Waals surface area (Å²) in [6, 6.07) is 0. The van der Waals surface area contributed by atoms with Crippen molar-refractivity contribution < 1.29 is 9.84 Å². The molecular weight excluding hydrogens is 278 g/mol. The van der Waals surface area contributed by atoms with E-state index in [0.717, 1.165) is 51.3 Å². The van der Waals surface area contributed by atoms with E-state index in [-0.39, 0.29) is 0 Å². The number of aliphatic hydroxyl groups is 1. The summed E-state index contributed by atoms with van der Waals surface area (Å²) in [4.78, 5) is 4.54. The number of hydrogen-bond donors (Lipinski definition) is 3. The minimum atomic E-state index is -0.681. The topological polar surface area (TPSA) is 65.9 Å². The van der Waals surface area contributed by atoms with E-state index in [2.05, 4.69) is 43.3 Å². The Balaban J connectivity index is 4.33. The molecule has 5 nitrogen and oxygen atoms in total. The predicted octanol–water partition coefficient (Wildman–Crippen LogP) is 2.55. The molecule has 0 saturated carbocycles. The highest BCUT2D eigenvalue weighted by Crippen LogP contribution is 2.19. The Kier molecular flexibility index (Phi) is 12.2. The van der Waals surface area contributed by atoms with E-state index in [9.17, 15) is 5.11 Å². The maximum Gasteiger partial charge on any atom is 0.191 e. The van der Waals surface area contributed by atoms with E-state index in [1.807, 2.05) is 6.92 Å². The molecule has 0 spiro atoms. The van der Waals surface area contributed by atoms with Gasteiger partial charge in [-0.05, 0) is 25.7 Å². The number of aliphatic imine (C=N–C) groups is 1. The Labute approximate surface area is 136 Å². The first-order chi connectivity index (χ1) is 10.5. The standard InChI is InChI=1S/C17H37N3O2/c1-6-9-17(21,10-7-2)14-20-16(18-8-3)19-11-12-22-13-15(4)5/h15,21H,6-14H2,1-5H3,(H2,18,19,20). The third-order valence-corrected chi connectivity index (χ3v) is 3.30. The third kappa shape index (κ3) is 10.9. The summed E-state index contributed by atoms with van der Waals surface area (Å²) in [5.74, 6) is 1.31. The predicted molar refractivity (Wildman–Crippen MR) is 94.4 cm³/mol. The van der Waals surface area contributed by atoms with Crippen LogP contribution >= 0.6 is 0 Å². The van der Waals surface area contributed by atoms with Gasteiger partial charge in [0, 0.05) is 19.7 Å². The first-order valence-corrected chi connectivity index (χ1v) is 8.79. The highest BCUT2D eigenvalue weighted by atomic mass is 16.5. The Bertz CT molecular complexity index is 288. The van der Waals surface area contributed by atoms with Crippen LogP contribution in [-0.4, -0.2) is 49.5 Å². The molecule has 0 heterocycles. The lowest BCUT2D eigenvalue weighted by Crippen LogP contribution is -2.41. The molecule has 0 rings (SSSR count). The fraction of sp³-hybridized carbons (Fsp3) is 0.941. The van der Waals surface area contributed by atoms with Crippen LogP contribution in [0.5, 0.6) is 0 Å². The molecule has 22 heavy (non-hydrogen) atoms. The number of nitrogens with zero attached hydrogens (tertiary/aromatic N) is 1. The van der Waals surface area contributed by atoms with Crippen LogP contribution in [0.25, 0.3) is 0 Å². The van der Waals surface area contributed by atoms with Crippen LogP contribution in [0.1, 0.15) is 60.3 Å². The van der Waals surface area contributed by atoms with Gasteiger partial charge < -0.3 is 20.5 Å². The monoisotopic (exact) mass is 315 g/mol. The summed E-state index contributed by atoms with van der Waals surface area (Å²) in [5, 5.41) is 17.1. The SMILES string of the molecule is CCCC(O)(CCC)CN=C(NCC)NCCOCC(C)C. The van der Waals surface area contributed by atoms with E-state index in [1.54, 1.807) is 0 Å². The number of ether oxygens (including phenoxy) is 1. The maximum absolute atomic E-state index is 10.6. The first kappa shape index (κ1) is 21.2. The van der Waals surface area contributed by atoms with E-state index < -0.39 is 5.60 Å². The fourth-order valence-electron chi connectivity index (χ4n) is 2.34. The van der Waals surface area contributed by atoms with Crippen LogP contribution in [0.4, 0.5) is 0 Å². The molecule has 0 saturated heterocycles. The minimum Gasteiger partial charge on any atom is -0.388 e. The normalized spacial score (nSPS) is 12.8. The quantitative estimate of drug-likeness (QED) is 0.294. The molecule has 3 N–H and O–H groups in total. The molecule has 0 aliphatic carbocycles. The van der Waals surface area contributed by atoms with Gasteiger partial charge in [-0.1, -0.05) is 40.5 Å². The molecule has 0 aromatic rings. The summed E-state index contributed by atoms with van der Waals surface area (Å²) < 4.78 is 5.55. The van der Waals surface area contributed by atoms with Crippen LogP contribution in [0, 0.1) is 5.92 Å². The molecule has 0 aliphatic rings. The summed E-state index contributed by atoms with van der Waals surface area (Å²) in [6.45, 7) is 13.9. The van der Waals surface area contributed by atoms with Gasteiger partial charge in [0.15, 0.2) is 5.96 Å². The van der Waals surface area contributed by atoms with Crippen LogP contribution in [0.3, 0.4) is 0 Å². The van der Waals surface area contributed by atoms with Gasteiger partial charge in [-0.3, -0.25) is 4.99 Å². The van der Waals surface area contributed by atoms with Crippen LogP contribution < -0.4 is 10.6 Å². The molecular formula is C17H37N3O2. The van der Waals surface area contributed by atoms with E-state index in [0.29, 0.717) is 19.1 Å². The molecule has 0 aromatic carbocycles. The molecule has 0 atom stereocenters. The van der Waals surface area contributed by atoms with Gasteiger partial charge in [-0.2, -0.15) is 0 Å². The summed E-state index contributed by atoms with van der Waals surface area (Å²) in [5.41, 5.74) is -0.681. The van der Waals surface area contributed by atoms with Gasteiger partial charge in [-0.15, -0.1) is 0 Å². The number of rotatable bonds is 12. The summed E-state index contributed by atoms with van der Waals surface area (Å²) in [6.07, 6.45) is 3.53. The molecule has 132 valence electrons. The van der Waals surface area contributed by atoms with Crippen molar-refractivity contribution in [2.24, 2.45) is 10.9 Å². The van der Waals surface area contributed by atoms with Gasteiger partial charge in [0.25, 0.3) is 0 Å². The molecule has 0 bridgehead atoms. The molecule has 5 heteroatoms. The number of guanidine groups is 1. The second kappa shape index (κ2) is 12.7. The lowest BCUT2D eigenvalue weighted by atomic mass is 9.93. The molecule has 0 unspecified atom stereocenters. The Hall–Kier alpha value is -0.810. The van der Waals surface area contributed by atoms with E-state index in [4.69, 9.17) is 4.74 Å². The molecule has 0 aromatic heterocycles. The van der Waals surface area contributed by atoms with Crippen molar-refractivity contribution in [1.82, 2.24) is 10.6 Å². The van der Waals surface area contributed by atoms with E-state index in [1.165, 1.54) is 0 Å². The van der Waals surface area contributed by atoms with Crippen LogP contribution in [-0.2, 0) is 4.74 Å². The Morgan fingerprint density at radius 1 is 1.14 bits per heavy atom. The smallest absolute Gasteiger partial charge is 0.191 e.